The van der Waals surface area contributed by atoms with Crippen molar-refractivity contribution >= 4 is 5.82 Å². The molecule has 2 aromatic rings. The fraction of sp³-hybridized carbons (Fsp3) is 0.286. The van der Waals surface area contributed by atoms with E-state index in [0.717, 1.165) is 30.0 Å². The number of nitrogens with two attached hydrogens (primary N) is 1. The van der Waals surface area contributed by atoms with Gasteiger partial charge in [-0.05, 0) is 18.2 Å². The number of aromatic nitrogens is 2. The molecule has 0 aliphatic heterocycles. The van der Waals surface area contributed by atoms with Crippen LogP contribution in [0.15, 0.2) is 42.7 Å². The molecule has 0 saturated carbocycles. The first-order valence-corrected chi connectivity index (χ1v) is 6.06. The number of nitrogens with zero attached hydrogens (tertiary/aromatic N) is 3. The molecule has 94 valence electrons. The van der Waals surface area contributed by atoms with Crippen LogP contribution >= 0.6 is 0 Å². The van der Waals surface area contributed by atoms with Gasteiger partial charge in [0.25, 0.3) is 0 Å². The van der Waals surface area contributed by atoms with Crippen LogP contribution in [-0.4, -0.2) is 23.6 Å². The molecule has 0 spiro atoms. The van der Waals surface area contributed by atoms with Crippen molar-refractivity contribution in [3.63, 3.8) is 0 Å². The summed E-state index contributed by atoms with van der Waals surface area (Å²) in [5.41, 5.74) is 7.88. The second-order valence-electron chi connectivity index (χ2n) is 4.18. The van der Waals surface area contributed by atoms with Gasteiger partial charge in [-0.1, -0.05) is 12.1 Å². The van der Waals surface area contributed by atoms with Crippen LogP contribution in [0, 0.1) is 0 Å². The van der Waals surface area contributed by atoms with Gasteiger partial charge in [0, 0.05) is 50.2 Å². The van der Waals surface area contributed by atoms with E-state index in [1.165, 1.54) is 0 Å². The highest BCUT2D eigenvalue weighted by molar-refractivity contribution is 5.45. The zero-order chi connectivity index (χ0) is 12.8. The van der Waals surface area contributed by atoms with E-state index in [2.05, 4.69) is 14.9 Å². The number of rotatable bonds is 5. The van der Waals surface area contributed by atoms with E-state index in [4.69, 9.17) is 5.73 Å². The minimum absolute atomic E-state index is 0.511. The molecule has 0 radical (unpaired) electrons. The minimum Gasteiger partial charge on any atom is -0.359 e. The van der Waals surface area contributed by atoms with Gasteiger partial charge in [0.15, 0.2) is 0 Å². The van der Waals surface area contributed by atoms with E-state index >= 15 is 0 Å². The van der Waals surface area contributed by atoms with Crippen molar-refractivity contribution in [2.45, 2.75) is 13.0 Å². The largest absolute Gasteiger partial charge is 0.359 e. The molecule has 4 nitrogen and oxygen atoms in total. The number of hydrogen-bond donors (Lipinski definition) is 1. The third-order valence-corrected chi connectivity index (χ3v) is 2.88. The maximum absolute atomic E-state index is 5.72. The Morgan fingerprint density at radius 2 is 1.94 bits per heavy atom. The van der Waals surface area contributed by atoms with Crippen LogP contribution in [0.25, 0.3) is 0 Å². The molecule has 4 heteroatoms. The van der Waals surface area contributed by atoms with Crippen molar-refractivity contribution in [1.29, 1.82) is 0 Å². The first-order chi connectivity index (χ1) is 8.81. The maximum atomic E-state index is 5.72. The molecule has 0 saturated heterocycles. The summed E-state index contributed by atoms with van der Waals surface area (Å²) >= 11 is 0. The molecule has 0 bridgehead atoms. The third-order valence-electron chi connectivity index (χ3n) is 2.88. The van der Waals surface area contributed by atoms with E-state index in [9.17, 15) is 0 Å². The Kier molecular flexibility index (Phi) is 4.25. The van der Waals surface area contributed by atoms with Gasteiger partial charge in [0.2, 0.25) is 0 Å². The summed E-state index contributed by atoms with van der Waals surface area (Å²) in [5, 5.41) is 0. The van der Waals surface area contributed by atoms with Gasteiger partial charge in [0.05, 0.1) is 0 Å². The summed E-state index contributed by atoms with van der Waals surface area (Å²) in [4.78, 5) is 10.8. The van der Waals surface area contributed by atoms with Crippen molar-refractivity contribution < 1.29 is 0 Å². The van der Waals surface area contributed by atoms with Crippen LogP contribution in [0.2, 0.25) is 0 Å². The lowest BCUT2D eigenvalue weighted by Gasteiger charge is -2.20. The number of anilines is 1. The van der Waals surface area contributed by atoms with Crippen LogP contribution in [0.5, 0.6) is 0 Å². The first kappa shape index (κ1) is 12.5. The monoisotopic (exact) mass is 242 g/mol. The second kappa shape index (κ2) is 6.12. The van der Waals surface area contributed by atoms with Gasteiger partial charge in [0.1, 0.15) is 5.82 Å². The average molecular weight is 242 g/mol. The molecule has 0 atom stereocenters. The Balaban J connectivity index is 2.01. The van der Waals surface area contributed by atoms with Crippen molar-refractivity contribution in [3.05, 3.63) is 54.0 Å². The summed E-state index contributed by atoms with van der Waals surface area (Å²) in [6.07, 6.45) is 4.52. The van der Waals surface area contributed by atoms with Gasteiger partial charge in [-0.15, -0.1) is 0 Å². The van der Waals surface area contributed by atoms with E-state index < -0.39 is 0 Å². The van der Waals surface area contributed by atoms with E-state index in [1.807, 2.05) is 43.6 Å². The molecular weight excluding hydrogens is 224 g/mol. The summed E-state index contributed by atoms with van der Waals surface area (Å²) < 4.78 is 0. The Hall–Kier alpha value is -1.94. The van der Waals surface area contributed by atoms with Gasteiger partial charge >= 0.3 is 0 Å². The van der Waals surface area contributed by atoms with Gasteiger partial charge in [-0.25, -0.2) is 4.98 Å². The van der Waals surface area contributed by atoms with Gasteiger partial charge in [-0.3, -0.25) is 4.98 Å². The Morgan fingerprint density at radius 1 is 1.11 bits per heavy atom. The second-order valence-corrected chi connectivity index (χ2v) is 4.18. The predicted molar refractivity (Wildman–Crippen MR) is 73.3 cm³/mol. The van der Waals surface area contributed by atoms with E-state index in [-0.39, 0.29) is 0 Å². The normalized spacial score (nSPS) is 10.3. The summed E-state index contributed by atoms with van der Waals surface area (Å²) in [6.45, 7) is 1.39. The van der Waals surface area contributed by atoms with Crippen LogP contribution in [0.1, 0.15) is 11.3 Å². The average Bonchev–Trinajstić information content (AvgIpc) is 2.45. The smallest absolute Gasteiger partial charge is 0.132 e. The molecule has 0 aliphatic carbocycles. The molecule has 0 amide bonds. The highest BCUT2D eigenvalue weighted by Gasteiger charge is 2.07. The van der Waals surface area contributed by atoms with Crippen molar-refractivity contribution in [2.75, 3.05) is 18.5 Å². The quantitative estimate of drug-likeness (QED) is 0.865. The topological polar surface area (TPSA) is 55.0 Å². The summed E-state index contributed by atoms with van der Waals surface area (Å²) in [6, 6.07) is 9.90. The lowest BCUT2D eigenvalue weighted by Crippen LogP contribution is -2.23. The summed E-state index contributed by atoms with van der Waals surface area (Å²) in [7, 11) is 2.03. The van der Waals surface area contributed by atoms with E-state index in [0.29, 0.717) is 6.54 Å². The van der Waals surface area contributed by atoms with Gasteiger partial charge < -0.3 is 10.6 Å². The molecule has 18 heavy (non-hydrogen) atoms. The molecule has 0 aromatic carbocycles. The fourth-order valence-corrected chi connectivity index (χ4v) is 1.87. The molecule has 0 aliphatic rings. The van der Waals surface area contributed by atoms with Crippen LogP contribution in [0.4, 0.5) is 5.82 Å². The number of hydrogen-bond acceptors (Lipinski definition) is 4. The third kappa shape index (κ3) is 3.05. The van der Waals surface area contributed by atoms with Crippen molar-refractivity contribution in [2.24, 2.45) is 5.73 Å². The molecular formula is C14H18N4. The molecule has 0 fully saturated rings. The molecule has 2 rings (SSSR count). The Labute approximate surface area is 107 Å². The van der Waals surface area contributed by atoms with Gasteiger partial charge in [-0.2, -0.15) is 0 Å². The maximum Gasteiger partial charge on any atom is 0.132 e. The lowest BCUT2D eigenvalue weighted by atomic mass is 10.2. The van der Waals surface area contributed by atoms with Crippen LogP contribution in [0.3, 0.4) is 0 Å². The highest BCUT2D eigenvalue weighted by atomic mass is 15.2. The van der Waals surface area contributed by atoms with Crippen LogP contribution < -0.4 is 10.6 Å². The zero-order valence-corrected chi connectivity index (χ0v) is 10.6. The molecule has 2 aromatic heterocycles. The van der Waals surface area contributed by atoms with E-state index in [1.54, 1.807) is 6.20 Å². The van der Waals surface area contributed by atoms with Crippen molar-refractivity contribution in [3.8, 4) is 0 Å². The zero-order valence-electron chi connectivity index (χ0n) is 10.6. The molecule has 2 heterocycles. The first-order valence-electron chi connectivity index (χ1n) is 6.06. The SMILES string of the molecule is CN(CCc1ccccn1)c1ncccc1CN. The minimum atomic E-state index is 0.511. The predicted octanol–water partition coefficient (Wildman–Crippen LogP) is 1.61. The summed E-state index contributed by atoms with van der Waals surface area (Å²) in [5.74, 6) is 0.955. The number of likely N-dealkylation sites (N-methyl/N-ethyl adjacent to an activating group) is 1. The Bertz CT molecular complexity index is 484. The molecule has 2 N–H and O–H groups in total. The lowest BCUT2D eigenvalue weighted by molar-refractivity contribution is 0.828. The Morgan fingerprint density at radius 3 is 2.67 bits per heavy atom. The van der Waals surface area contributed by atoms with Crippen LogP contribution in [-0.2, 0) is 13.0 Å². The van der Waals surface area contributed by atoms with Crippen molar-refractivity contribution in [1.82, 2.24) is 9.97 Å². The highest BCUT2D eigenvalue weighted by Crippen LogP contribution is 2.15. The molecule has 0 unspecified atom stereocenters. The standard InChI is InChI=1S/C14H18N4/c1-18(10-7-13-6-2-3-8-16-13)14-12(11-15)5-4-9-17-14/h2-6,8-9H,7,10-11,15H2,1H3. The fourth-order valence-electron chi connectivity index (χ4n) is 1.87. The number of pyridine rings is 2.